The highest BCUT2D eigenvalue weighted by atomic mass is 19.4. The van der Waals surface area contributed by atoms with E-state index in [-0.39, 0.29) is 19.4 Å². The molecule has 0 spiro atoms. The van der Waals surface area contributed by atoms with Gasteiger partial charge >= 0.3 is 24.4 Å². The number of carbonyl (C=O) groups is 2. The van der Waals surface area contributed by atoms with E-state index in [1.165, 1.54) is 39.8 Å². The summed E-state index contributed by atoms with van der Waals surface area (Å²) in [5, 5.41) is 11.9. The number of allylic oxidation sites excluding steroid dienone is 1. The first-order valence-corrected chi connectivity index (χ1v) is 14.7. The smallest absolute Gasteiger partial charge is 0.426 e. The summed E-state index contributed by atoms with van der Waals surface area (Å²) in [5.74, 6) is -3.70. The first kappa shape index (κ1) is 36.2. The van der Waals surface area contributed by atoms with Gasteiger partial charge in [0.15, 0.2) is 5.69 Å². The number of aromatic nitrogens is 3. The standard InChI is InChI=1S/C31H33F6N5O6/c1-5-45-25(43)20-14-10-7-11-15-29(31(35,36)37,46-17-18-12-8-6-9-13-18)26-42-41-24(47-26)22-21(39-27(44)48-28(2,3)4)16-19(30(32,33)34)23(38-20)40-22/h6-10,12-13,16,20H,5,11,14-15,17H2,1-4H3,(H,38,40)(H,39,44)/b10-7-. The minimum absolute atomic E-state index is 0.109. The predicted octanol–water partition coefficient (Wildman–Crippen LogP) is 7.56. The van der Waals surface area contributed by atoms with Crippen molar-refractivity contribution in [1.29, 1.82) is 0 Å². The van der Waals surface area contributed by atoms with Crippen molar-refractivity contribution in [2.45, 2.75) is 83.2 Å². The zero-order chi connectivity index (χ0) is 35.3. The first-order valence-electron chi connectivity index (χ1n) is 14.7. The lowest BCUT2D eigenvalue weighted by Gasteiger charge is -2.32. The molecule has 0 saturated carbocycles. The quantitative estimate of drug-likeness (QED) is 0.152. The molecule has 2 atom stereocenters. The van der Waals surface area contributed by atoms with E-state index < -0.39 is 89.2 Å². The van der Waals surface area contributed by atoms with Gasteiger partial charge in [-0.2, -0.15) is 26.3 Å². The Balaban J connectivity index is 1.95. The number of hydrogen-bond acceptors (Lipinski definition) is 10. The number of pyridine rings is 1. The van der Waals surface area contributed by atoms with E-state index >= 15 is 13.2 Å². The lowest BCUT2D eigenvalue weighted by atomic mass is 9.95. The van der Waals surface area contributed by atoms with Crippen LogP contribution in [0.4, 0.5) is 42.6 Å². The molecule has 3 heterocycles. The lowest BCUT2D eigenvalue weighted by Crippen LogP contribution is -2.45. The number of fused-ring (bicyclic) bond motifs is 5. The Morgan fingerprint density at radius 2 is 1.77 bits per heavy atom. The second kappa shape index (κ2) is 14.2. The van der Waals surface area contributed by atoms with Crippen molar-refractivity contribution in [3.05, 3.63) is 65.6 Å². The second-order valence-electron chi connectivity index (χ2n) is 11.6. The minimum Gasteiger partial charge on any atom is -0.464 e. The molecule has 0 aliphatic carbocycles. The van der Waals surface area contributed by atoms with Crippen molar-refractivity contribution < 1.29 is 54.6 Å². The van der Waals surface area contributed by atoms with Crippen molar-refractivity contribution >= 4 is 23.6 Å². The monoisotopic (exact) mass is 685 g/mol. The van der Waals surface area contributed by atoms with Gasteiger partial charge in [0, 0.05) is 0 Å². The Morgan fingerprint density at radius 1 is 1.06 bits per heavy atom. The number of anilines is 2. The molecule has 17 heteroatoms. The second-order valence-corrected chi connectivity index (χ2v) is 11.6. The van der Waals surface area contributed by atoms with Gasteiger partial charge in [-0.15, -0.1) is 10.2 Å². The molecule has 2 unspecified atom stereocenters. The van der Waals surface area contributed by atoms with Crippen molar-refractivity contribution in [1.82, 2.24) is 15.2 Å². The number of alkyl halides is 6. The number of rotatable bonds is 6. The Kier molecular flexibility index (Phi) is 10.7. The molecule has 11 nitrogen and oxygen atoms in total. The zero-order valence-corrected chi connectivity index (χ0v) is 26.3. The van der Waals surface area contributed by atoms with Crippen molar-refractivity contribution in [2.75, 3.05) is 17.2 Å². The maximum atomic E-state index is 15.0. The van der Waals surface area contributed by atoms with Crippen LogP contribution in [-0.2, 0) is 37.4 Å². The van der Waals surface area contributed by atoms with Crippen LogP contribution in [0, 0.1) is 0 Å². The molecule has 260 valence electrons. The van der Waals surface area contributed by atoms with Crippen LogP contribution in [0.1, 0.15) is 64.0 Å². The number of ether oxygens (including phenoxy) is 3. The molecule has 1 amide bonds. The summed E-state index contributed by atoms with van der Waals surface area (Å²) in [6.45, 7) is 5.37. The van der Waals surface area contributed by atoms with Gasteiger partial charge < -0.3 is 23.9 Å². The van der Waals surface area contributed by atoms with E-state index in [1.54, 1.807) is 30.3 Å². The number of nitrogens with one attached hydrogen (secondary N) is 2. The number of nitrogens with zero attached hydrogens (tertiary/aromatic N) is 3. The Hall–Kier alpha value is -4.67. The number of carbonyl (C=O) groups excluding carboxylic acids is 2. The largest absolute Gasteiger partial charge is 0.464 e. The van der Waals surface area contributed by atoms with Gasteiger partial charge in [-0.05, 0) is 58.6 Å². The van der Waals surface area contributed by atoms with Gasteiger partial charge in [0.2, 0.25) is 5.60 Å². The summed E-state index contributed by atoms with van der Waals surface area (Å²) in [4.78, 5) is 29.4. The van der Waals surface area contributed by atoms with E-state index in [4.69, 9.17) is 18.6 Å². The van der Waals surface area contributed by atoms with E-state index in [2.05, 4.69) is 25.8 Å². The van der Waals surface area contributed by atoms with Crippen LogP contribution in [0.5, 0.6) is 0 Å². The van der Waals surface area contributed by atoms with Gasteiger partial charge in [0.25, 0.3) is 11.8 Å². The van der Waals surface area contributed by atoms with Crippen LogP contribution in [0.15, 0.2) is 53.0 Å². The average molecular weight is 686 g/mol. The summed E-state index contributed by atoms with van der Waals surface area (Å²) >= 11 is 0. The normalized spacial score (nSPS) is 19.4. The van der Waals surface area contributed by atoms with Gasteiger partial charge in [-0.3, -0.25) is 5.32 Å². The third-order valence-electron chi connectivity index (χ3n) is 6.81. The lowest BCUT2D eigenvalue weighted by molar-refractivity contribution is -0.299. The molecule has 0 saturated heterocycles. The van der Waals surface area contributed by atoms with Crippen molar-refractivity contribution in [3.63, 3.8) is 0 Å². The highest BCUT2D eigenvalue weighted by Crippen LogP contribution is 2.47. The number of benzene rings is 1. The fraction of sp³-hybridized carbons (Fsp3) is 0.452. The van der Waals surface area contributed by atoms with Crippen LogP contribution >= 0.6 is 0 Å². The molecule has 1 aliphatic heterocycles. The number of hydrogen-bond donors (Lipinski definition) is 2. The fourth-order valence-electron chi connectivity index (χ4n) is 4.62. The SMILES string of the molecule is CCOC(=O)C1C/C=C\CCC(OCc2ccccc2)(C(F)(F)F)c2nnc(o2)-c2nc(c(C(F)(F)F)cc2NC(=O)OC(C)(C)C)N1. The molecule has 0 radical (unpaired) electrons. The summed E-state index contributed by atoms with van der Waals surface area (Å²) in [6, 6.07) is 7.02. The van der Waals surface area contributed by atoms with E-state index in [0.717, 1.165) is 0 Å². The average Bonchev–Trinajstić information content (AvgIpc) is 3.47. The molecule has 0 fully saturated rings. The summed E-state index contributed by atoms with van der Waals surface area (Å²) in [7, 11) is 0. The van der Waals surface area contributed by atoms with Gasteiger partial charge in [0.1, 0.15) is 17.5 Å². The van der Waals surface area contributed by atoms with Gasteiger partial charge in [-0.25, -0.2) is 14.6 Å². The van der Waals surface area contributed by atoms with Crippen LogP contribution < -0.4 is 10.6 Å². The van der Waals surface area contributed by atoms with Crippen LogP contribution in [0.3, 0.4) is 0 Å². The first-order chi connectivity index (χ1) is 22.4. The van der Waals surface area contributed by atoms with Crippen LogP contribution in [-0.4, -0.2) is 51.7 Å². The molecule has 3 aromatic rings. The van der Waals surface area contributed by atoms with E-state index in [0.29, 0.717) is 11.6 Å². The van der Waals surface area contributed by atoms with Crippen molar-refractivity contribution in [3.8, 4) is 11.6 Å². The van der Waals surface area contributed by atoms with Gasteiger partial charge in [-0.1, -0.05) is 42.5 Å². The Morgan fingerprint density at radius 3 is 2.40 bits per heavy atom. The molecule has 1 aliphatic rings. The third kappa shape index (κ3) is 8.62. The van der Waals surface area contributed by atoms with Crippen LogP contribution in [0.25, 0.3) is 11.6 Å². The summed E-state index contributed by atoms with van der Waals surface area (Å²) < 4.78 is 110. The molecule has 1 aromatic carbocycles. The highest BCUT2D eigenvalue weighted by molar-refractivity contribution is 5.90. The van der Waals surface area contributed by atoms with E-state index in [9.17, 15) is 22.8 Å². The Labute approximate surface area is 271 Å². The highest BCUT2D eigenvalue weighted by Gasteiger charge is 2.61. The number of halogens is 6. The number of amides is 1. The maximum absolute atomic E-state index is 15.0. The fourth-order valence-corrected chi connectivity index (χ4v) is 4.62. The third-order valence-corrected chi connectivity index (χ3v) is 6.81. The number of esters is 1. The summed E-state index contributed by atoms with van der Waals surface area (Å²) in [6.07, 6.45) is -10.1. The van der Waals surface area contributed by atoms with Gasteiger partial charge in [0.05, 0.1) is 24.5 Å². The molecular weight excluding hydrogens is 652 g/mol. The molecular formula is C31H33F6N5O6. The molecule has 2 N–H and O–H groups in total. The van der Waals surface area contributed by atoms with E-state index in [1.807, 2.05) is 0 Å². The summed E-state index contributed by atoms with van der Waals surface area (Å²) in [5.41, 5.74) is -6.63. The molecule has 2 aromatic heterocycles. The minimum atomic E-state index is -5.14. The Bertz CT molecular complexity index is 1620. The maximum Gasteiger partial charge on any atom is 0.426 e. The zero-order valence-electron chi connectivity index (χ0n) is 26.3. The van der Waals surface area contributed by atoms with Crippen molar-refractivity contribution in [2.24, 2.45) is 0 Å². The molecule has 4 bridgehead atoms. The predicted molar refractivity (Wildman–Crippen MR) is 158 cm³/mol. The molecule has 4 rings (SSSR count). The van der Waals surface area contributed by atoms with Crippen LogP contribution in [0.2, 0.25) is 0 Å². The topological polar surface area (TPSA) is 138 Å². The molecule has 48 heavy (non-hydrogen) atoms.